The van der Waals surface area contributed by atoms with Crippen LogP contribution in [-0.2, 0) is 34.0 Å². The summed E-state index contributed by atoms with van der Waals surface area (Å²) in [5.74, 6) is 1.06. The standard InChI is InChI=1S/C27H30O3S/c1-4-10-23(11-5-1)18-28-21-27(22-29-19-24-12-6-2-7-13-24)26(16-17-31-27)30-20-25-14-8-3-9-15-25/h1-15,26H,16-22H2/t26-/m0/s1. The molecule has 0 amide bonds. The average molecular weight is 435 g/mol. The van der Waals surface area contributed by atoms with E-state index in [0.717, 1.165) is 12.2 Å². The van der Waals surface area contributed by atoms with E-state index in [1.807, 2.05) is 54.2 Å². The molecule has 4 rings (SSSR count). The van der Waals surface area contributed by atoms with Crippen LogP contribution in [0.2, 0.25) is 0 Å². The van der Waals surface area contributed by atoms with Crippen molar-refractivity contribution in [2.24, 2.45) is 0 Å². The lowest BCUT2D eigenvalue weighted by molar-refractivity contribution is -0.0448. The van der Waals surface area contributed by atoms with Crippen molar-refractivity contribution < 1.29 is 14.2 Å². The van der Waals surface area contributed by atoms with Crippen LogP contribution in [0.15, 0.2) is 91.0 Å². The minimum atomic E-state index is -0.196. The summed E-state index contributed by atoms with van der Waals surface area (Å²) in [7, 11) is 0. The summed E-state index contributed by atoms with van der Waals surface area (Å²) in [6, 6.07) is 31.0. The molecule has 162 valence electrons. The van der Waals surface area contributed by atoms with Gasteiger partial charge in [0.25, 0.3) is 0 Å². The lowest BCUT2D eigenvalue weighted by Crippen LogP contribution is -2.45. The Labute approximate surface area is 189 Å². The quantitative estimate of drug-likeness (QED) is 0.377. The van der Waals surface area contributed by atoms with Crippen molar-refractivity contribution in [3.05, 3.63) is 108 Å². The highest BCUT2D eigenvalue weighted by molar-refractivity contribution is 8.01. The number of hydrogen-bond donors (Lipinski definition) is 0. The molecule has 0 aliphatic carbocycles. The third-order valence-electron chi connectivity index (χ3n) is 5.57. The number of hydrogen-bond acceptors (Lipinski definition) is 4. The molecule has 3 aromatic rings. The topological polar surface area (TPSA) is 27.7 Å². The first-order valence-electron chi connectivity index (χ1n) is 10.9. The fourth-order valence-electron chi connectivity index (χ4n) is 3.87. The zero-order chi connectivity index (χ0) is 21.2. The van der Waals surface area contributed by atoms with Crippen LogP contribution in [0.1, 0.15) is 23.1 Å². The van der Waals surface area contributed by atoms with Gasteiger partial charge < -0.3 is 14.2 Å². The monoisotopic (exact) mass is 434 g/mol. The second-order valence-corrected chi connectivity index (χ2v) is 9.45. The zero-order valence-electron chi connectivity index (χ0n) is 17.8. The molecule has 1 fully saturated rings. The van der Waals surface area contributed by atoms with Gasteiger partial charge in [-0.25, -0.2) is 0 Å². The lowest BCUT2D eigenvalue weighted by atomic mass is 10.0. The fraction of sp³-hybridized carbons (Fsp3) is 0.333. The lowest BCUT2D eigenvalue weighted by Gasteiger charge is -2.34. The van der Waals surface area contributed by atoms with Crippen LogP contribution in [0.25, 0.3) is 0 Å². The molecule has 1 aliphatic rings. The van der Waals surface area contributed by atoms with Gasteiger partial charge in [0.05, 0.1) is 43.9 Å². The third kappa shape index (κ3) is 6.44. The van der Waals surface area contributed by atoms with Crippen LogP contribution in [0.3, 0.4) is 0 Å². The molecule has 31 heavy (non-hydrogen) atoms. The number of thioether (sulfide) groups is 1. The molecule has 0 unspecified atom stereocenters. The van der Waals surface area contributed by atoms with E-state index in [0.29, 0.717) is 33.0 Å². The van der Waals surface area contributed by atoms with Gasteiger partial charge >= 0.3 is 0 Å². The zero-order valence-corrected chi connectivity index (χ0v) is 18.6. The molecule has 1 atom stereocenters. The maximum absolute atomic E-state index is 6.43. The Kier molecular flexibility index (Phi) is 8.19. The van der Waals surface area contributed by atoms with Crippen LogP contribution in [-0.4, -0.2) is 29.8 Å². The molecule has 4 heteroatoms. The van der Waals surface area contributed by atoms with E-state index in [1.165, 1.54) is 16.7 Å². The maximum atomic E-state index is 6.43. The van der Waals surface area contributed by atoms with Gasteiger partial charge in [-0.2, -0.15) is 0 Å². The molecular weight excluding hydrogens is 404 g/mol. The molecule has 0 saturated carbocycles. The number of ether oxygens (including phenoxy) is 3. The molecule has 0 spiro atoms. The molecule has 1 aliphatic heterocycles. The molecular formula is C27H30O3S. The van der Waals surface area contributed by atoms with E-state index in [2.05, 4.69) is 48.5 Å². The first-order chi connectivity index (χ1) is 15.3. The second-order valence-electron chi connectivity index (χ2n) is 7.94. The van der Waals surface area contributed by atoms with E-state index < -0.39 is 0 Å². The summed E-state index contributed by atoms with van der Waals surface area (Å²) in [5.41, 5.74) is 3.57. The van der Waals surface area contributed by atoms with Crippen LogP contribution in [0, 0.1) is 0 Å². The Hall–Kier alpha value is -2.11. The Balaban J connectivity index is 1.39. The molecule has 3 aromatic carbocycles. The highest BCUT2D eigenvalue weighted by Crippen LogP contribution is 2.41. The van der Waals surface area contributed by atoms with E-state index in [4.69, 9.17) is 14.2 Å². The van der Waals surface area contributed by atoms with Crippen LogP contribution in [0.4, 0.5) is 0 Å². The summed E-state index contributed by atoms with van der Waals surface area (Å²) in [6.07, 6.45) is 1.12. The highest BCUT2D eigenvalue weighted by atomic mass is 32.2. The van der Waals surface area contributed by atoms with Crippen molar-refractivity contribution >= 4 is 11.8 Å². The van der Waals surface area contributed by atoms with Gasteiger partial charge in [0, 0.05) is 0 Å². The third-order valence-corrected chi connectivity index (χ3v) is 7.08. The Bertz CT molecular complexity index is 841. The number of rotatable bonds is 11. The van der Waals surface area contributed by atoms with Gasteiger partial charge in [0.2, 0.25) is 0 Å². The Morgan fingerprint density at radius 1 is 0.645 bits per heavy atom. The predicted octanol–water partition coefficient (Wildman–Crippen LogP) is 5.88. The number of benzene rings is 3. The van der Waals surface area contributed by atoms with Crippen LogP contribution >= 0.6 is 11.8 Å². The smallest absolute Gasteiger partial charge is 0.0887 e. The van der Waals surface area contributed by atoms with Crippen molar-refractivity contribution in [3.63, 3.8) is 0 Å². The van der Waals surface area contributed by atoms with Gasteiger partial charge in [-0.1, -0.05) is 91.0 Å². The van der Waals surface area contributed by atoms with Gasteiger partial charge in [-0.05, 0) is 28.9 Å². The van der Waals surface area contributed by atoms with Crippen LogP contribution in [0.5, 0.6) is 0 Å². The largest absolute Gasteiger partial charge is 0.375 e. The highest BCUT2D eigenvalue weighted by Gasteiger charge is 2.45. The van der Waals surface area contributed by atoms with Crippen molar-refractivity contribution in [1.29, 1.82) is 0 Å². The van der Waals surface area contributed by atoms with Gasteiger partial charge in [0.15, 0.2) is 0 Å². The first kappa shape index (κ1) is 22.1. The first-order valence-corrected chi connectivity index (χ1v) is 11.9. The molecule has 3 nitrogen and oxygen atoms in total. The summed E-state index contributed by atoms with van der Waals surface area (Å²) in [6.45, 7) is 3.05. The van der Waals surface area contributed by atoms with Crippen molar-refractivity contribution in [2.45, 2.75) is 37.1 Å². The van der Waals surface area contributed by atoms with Gasteiger partial charge in [-0.15, -0.1) is 11.8 Å². The van der Waals surface area contributed by atoms with E-state index in [9.17, 15) is 0 Å². The summed E-state index contributed by atoms with van der Waals surface area (Å²) in [4.78, 5) is 0. The normalized spacial score (nSPS) is 17.6. The van der Waals surface area contributed by atoms with Gasteiger partial charge in [0.1, 0.15) is 0 Å². The molecule has 1 heterocycles. The second kappa shape index (κ2) is 11.5. The average Bonchev–Trinajstić information content (AvgIpc) is 3.22. The summed E-state index contributed by atoms with van der Waals surface area (Å²) in [5, 5.41) is 0. The molecule has 0 aromatic heterocycles. The minimum absolute atomic E-state index is 0.101. The van der Waals surface area contributed by atoms with Gasteiger partial charge in [-0.3, -0.25) is 0 Å². The van der Waals surface area contributed by atoms with E-state index in [-0.39, 0.29) is 10.9 Å². The van der Waals surface area contributed by atoms with Crippen LogP contribution < -0.4 is 0 Å². The minimum Gasteiger partial charge on any atom is -0.375 e. The summed E-state index contributed by atoms with van der Waals surface area (Å²) < 4.78 is 18.7. The Morgan fingerprint density at radius 2 is 1.10 bits per heavy atom. The Morgan fingerprint density at radius 3 is 1.58 bits per heavy atom. The van der Waals surface area contributed by atoms with Crippen molar-refractivity contribution in [3.8, 4) is 0 Å². The molecule has 0 bridgehead atoms. The van der Waals surface area contributed by atoms with E-state index >= 15 is 0 Å². The molecule has 0 radical (unpaired) electrons. The van der Waals surface area contributed by atoms with E-state index in [1.54, 1.807) is 0 Å². The summed E-state index contributed by atoms with van der Waals surface area (Å²) >= 11 is 1.93. The molecule has 0 N–H and O–H groups in total. The van der Waals surface area contributed by atoms with Crippen molar-refractivity contribution in [2.75, 3.05) is 19.0 Å². The fourth-order valence-corrected chi connectivity index (χ4v) is 5.32. The van der Waals surface area contributed by atoms with Crippen molar-refractivity contribution in [1.82, 2.24) is 0 Å². The predicted molar refractivity (Wildman–Crippen MR) is 127 cm³/mol. The molecule has 1 saturated heterocycles. The SMILES string of the molecule is c1ccc(COCC2(COCc3ccccc3)SCC[C@@H]2OCc2ccccc2)cc1. The maximum Gasteiger partial charge on any atom is 0.0887 e.